The van der Waals surface area contributed by atoms with E-state index in [0.29, 0.717) is 29.0 Å². The quantitative estimate of drug-likeness (QED) is 0.325. The Morgan fingerprint density at radius 3 is 2.42 bits per heavy atom. The normalized spacial score (nSPS) is 12.3. The maximum atomic E-state index is 13.0. The summed E-state index contributed by atoms with van der Waals surface area (Å²) in [6.07, 6.45) is -1.34. The van der Waals surface area contributed by atoms with E-state index in [1.807, 2.05) is 42.5 Å². The van der Waals surface area contributed by atoms with Gasteiger partial charge in [-0.25, -0.2) is 0 Å². The second-order valence-corrected chi connectivity index (χ2v) is 7.64. The molecule has 168 valence electrons. The average Bonchev–Trinajstić information content (AvgIpc) is 3.30. The minimum absolute atomic E-state index is 0.128. The van der Waals surface area contributed by atoms with Crippen LogP contribution in [0.4, 0.5) is 13.2 Å². The molecule has 0 amide bonds. The summed E-state index contributed by atoms with van der Waals surface area (Å²) in [6.45, 7) is 0.128. The number of aldehydes is 1. The Balaban J connectivity index is 1.44. The molecule has 33 heavy (non-hydrogen) atoms. The predicted molar refractivity (Wildman–Crippen MR) is 119 cm³/mol. The molecule has 1 N–H and O–H groups in total. The maximum Gasteiger partial charge on any atom is 0.416 e. The van der Waals surface area contributed by atoms with Gasteiger partial charge in [0, 0.05) is 17.0 Å². The molecular weight excluding hydrogens is 429 g/mol. The van der Waals surface area contributed by atoms with E-state index in [0.717, 1.165) is 29.5 Å². The first-order valence-electron chi connectivity index (χ1n) is 10.4. The average molecular weight is 450 g/mol. The van der Waals surface area contributed by atoms with Gasteiger partial charge in [-0.1, -0.05) is 54.6 Å². The number of H-pyrrole nitrogens is 1. The van der Waals surface area contributed by atoms with Crippen LogP contribution in [0.3, 0.4) is 0 Å². The number of benzene rings is 3. The summed E-state index contributed by atoms with van der Waals surface area (Å²) in [5.41, 5.74) is 2.73. The Morgan fingerprint density at radius 1 is 0.970 bits per heavy atom. The predicted octanol–water partition coefficient (Wildman–Crippen LogP) is 6.20. The summed E-state index contributed by atoms with van der Waals surface area (Å²) in [6, 6.07) is 22.1. The van der Waals surface area contributed by atoms with Gasteiger partial charge in [0.1, 0.15) is 18.6 Å². The van der Waals surface area contributed by atoms with Crippen molar-refractivity contribution in [3.8, 4) is 17.0 Å². The van der Waals surface area contributed by atoms with Crippen molar-refractivity contribution in [2.45, 2.75) is 25.1 Å². The zero-order valence-electron chi connectivity index (χ0n) is 17.5. The minimum atomic E-state index is -4.42. The molecular formula is C26H21F3N2O2. The molecule has 4 nitrogen and oxygen atoms in total. The van der Waals surface area contributed by atoms with Crippen molar-refractivity contribution in [2.24, 2.45) is 0 Å². The van der Waals surface area contributed by atoms with E-state index in [1.54, 1.807) is 18.2 Å². The van der Waals surface area contributed by atoms with Crippen LogP contribution in [0.2, 0.25) is 0 Å². The van der Waals surface area contributed by atoms with Gasteiger partial charge in [-0.3, -0.25) is 5.10 Å². The van der Waals surface area contributed by atoms with E-state index in [2.05, 4.69) is 10.2 Å². The Hall–Kier alpha value is -3.87. The Labute approximate surface area is 189 Å². The molecule has 1 heterocycles. The highest BCUT2D eigenvalue weighted by Gasteiger charge is 2.30. The van der Waals surface area contributed by atoms with Gasteiger partial charge in [-0.05, 0) is 41.8 Å². The van der Waals surface area contributed by atoms with E-state index >= 15 is 0 Å². The van der Waals surface area contributed by atoms with Gasteiger partial charge < -0.3 is 9.53 Å². The Morgan fingerprint density at radius 2 is 1.73 bits per heavy atom. The molecule has 3 aromatic carbocycles. The molecule has 4 rings (SSSR count). The number of nitrogens with one attached hydrogen (secondary N) is 1. The van der Waals surface area contributed by atoms with Crippen LogP contribution in [0.5, 0.6) is 5.75 Å². The molecule has 0 saturated heterocycles. The second-order valence-electron chi connectivity index (χ2n) is 7.64. The number of hydrogen-bond donors (Lipinski definition) is 1. The minimum Gasteiger partial charge on any atom is -0.489 e. The summed E-state index contributed by atoms with van der Waals surface area (Å²) >= 11 is 0. The number of halogens is 3. The molecule has 4 aromatic rings. The zero-order valence-corrected chi connectivity index (χ0v) is 17.5. The summed E-state index contributed by atoms with van der Waals surface area (Å²) < 4.78 is 45.0. The maximum absolute atomic E-state index is 13.0. The van der Waals surface area contributed by atoms with Crippen molar-refractivity contribution in [1.82, 2.24) is 10.2 Å². The van der Waals surface area contributed by atoms with Gasteiger partial charge in [0.15, 0.2) is 0 Å². The number of aromatic amines is 1. The van der Waals surface area contributed by atoms with Crippen molar-refractivity contribution >= 4 is 6.29 Å². The molecule has 0 aliphatic heterocycles. The summed E-state index contributed by atoms with van der Waals surface area (Å²) in [4.78, 5) is 11.6. The van der Waals surface area contributed by atoms with Crippen LogP contribution < -0.4 is 4.74 Å². The third-order valence-corrected chi connectivity index (χ3v) is 5.36. The van der Waals surface area contributed by atoms with Crippen LogP contribution >= 0.6 is 0 Å². The lowest BCUT2D eigenvalue weighted by Crippen LogP contribution is -2.05. The lowest BCUT2D eigenvalue weighted by atomic mass is 9.93. The molecule has 7 heteroatoms. The lowest BCUT2D eigenvalue weighted by molar-refractivity contribution is -0.137. The van der Waals surface area contributed by atoms with Crippen molar-refractivity contribution in [3.63, 3.8) is 0 Å². The Bertz CT molecular complexity index is 1200. The third-order valence-electron chi connectivity index (χ3n) is 5.36. The third kappa shape index (κ3) is 5.49. The smallest absolute Gasteiger partial charge is 0.416 e. The number of hydrogen-bond acceptors (Lipinski definition) is 3. The van der Waals surface area contributed by atoms with Crippen molar-refractivity contribution in [3.05, 3.63) is 107 Å². The van der Waals surface area contributed by atoms with Gasteiger partial charge in [0.25, 0.3) is 0 Å². The van der Waals surface area contributed by atoms with E-state index in [-0.39, 0.29) is 12.5 Å². The van der Waals surface area contributed by atoms with Gasteiger partial charge in [0.05, 0.1) is 17.5 Å². The monoisotopic (exact) mass is 450 g/mol. The Kier molecular flexibility index (Phi) is 6.58. The second kappa shape index (κ2) is 9.73. The first-order chi connectivity index (χ1) is 15.9. The fourth-order valence-electron chi connectivity index (χ4n) is 3.61. The van der Waals surface area contributed by atoms with Crippen molar-refractivity contribution in [1.29, 1.82) is 0 Å². The van der Waals surface area contributed by atoms with Crippen molar-refractivity contribution < 1.29 is 22.7 Å². The number of alkyl halides is 3. The molecule has 1 atom stereocenters. The van der Waals surface area contributed by atoms with Crippen LogP contribution in [0.25, 0.3) is 11.3 Å². The molecule has 0 bridgehead atoms. The van der Waals surface area contributed by atoms with E-state index in [1.165, 1.54) is 12.3 Å². The highest BCUT2D eigenvalue weighted by Crippen LogP contribution is 2.32. The van der Waals surface area contributed by atoms with Crippen LogP contribution in [0.1, 0.15) is 28.2 Å². The molecule has 0 spiro atoms. The van der Waals surface area contributed by atoms with Crippen LogP contribution in [0, 0.1) is 0 Å². The number of aromatic nitrogens is 2. The highest BCUT2D eigenvalue weighted by molar-refractivity contribution is 5.64. The van der Waals surface area contributed by atoms with Crippen molar-refractivity contribution in [2.75, 3.05) is 0 Å². The van der Waals surface area contributed by atoms with Gasteiger partial charge in [-0.2, -0.15) is 18.3 Å². The van der Waals surface area contributed by atoms with E-state index in [4.69, 9.17) is 4.74 Å². The number of carbonyl (C=O) groups is 1. The van der Waals surface area contributed by atoms with Gasteiger partial charge in [-0.15, -0.1) is 0 Å². The number of nitrogens with zero attached hydrogens (tertiary/aromatic N) is 1. The molecule has 1 unspecified atom stereocenters. The highest BCUT2D eigenvalue weighted by atomic mass is 19.4. The van der Waals surface area contributed by atoms with Crippen LogP contribution in [0.15, 0.2) is 85.1 Å². The van der Waals surface area contributed by atoms with E-state index < -0.39 is 11.7 Å². The zero-order chi connectivity index (χ0) is 23.3. The topological polar surface area (TPSA) is 55.0 Å². The molecule has 0 fully saturated rings. The first-order valence-corrected chi connectivity index (χ1v) is 10.4. The first kappa shape index (κ1) is 22.3. The van der Waals surface area contributed by atoms with Crippen LogP contribution in [-0.2, 0) is 24.0 Å². The molecule has 0 aliphatic carbocycles. The molecule has 0 aliphatic rings. The summed E-state index contributed by atoms with van der Waals surface area (Å²) in [5.74, 6) is 0.321. The molecule has 0 radical (unpaired) electrons. The fraction of sp³-hybridized carbons (Fsp3) is 0.154. The molecule has 1 aromatic heterocycles. The standard InChI is InChI=1S/C26H21F3N2O2/c27-26(28,29)23-8-4-7-20(14-23)25-22(15-30-31-25)17-33-24-11-9-19(10-12-24)21(16-32)13-18-5-2-1-3-6-18/h1-12,14-16,21H,13,17H2,(H,30,31). The summed E-state index contributed by atoms with van der Waals surface area (Å²) in [7, 11) is 0. The van der Waals surface area contributed by atoms with E-state index in [9.17, 15) is 18.0 Å². The molecule has 0 saturated carbocycles. The summed E-state index contributed by atoms with van der Waals surface area (Å²) in [5, 5.41) is 6.72. The largest absolute Gasteiger partial charge is 0.489 e. The van der Waals surface area contributed by atoms with Gasteiger partial charge >= 0.3 is 6.18 Å². The lowest BCUT2D eigenvalue weighted by Gasteiger charge is -2.13. The number of carbonyl (C=O) groups excluding carboxylic acids is 1. The van der Waals surface area contributed by atoms with Gasteiger partial charge in [0.2, 0.25) is 0 Å². The SMILES string of the molecule is O=CC(Cc1ccccc1)c1ccc(OCc2cn[nH]c2-c2cccc(C(F)(F)F)c2)cc1. The number of ether oxygens (including phenoxy) is 1. The van der Waals surface area contributed by atoms with Crippen LogP contribution in [-0.4, -0.2) is 16.5 Å². The number of rotatable bonds is 8. The fourth-order valence-corrected chi connectivity index (χ4v) is 3.61.